The Morgan fingerprint density at radius 2 is 2.10 bits per heavy atom. The molecule has 4 nitrogen and oxygen atoms in total. The molecular formula is C15H21N3OS. The number of piperazine rings is 1. The average Bonchev–Trinajstić information content (AvgIpc) is 3.01. The van der Waals surface area contributed by atoms with Crippen molar-refractivity contribution in [3.8, 4) is 0 Å². The van der Waals surface area contributed by atoms with E-state index in [-0.39, 0.29) is 11.9 Å². The molecule has 0 bridgehead atoms. The van der Waals surface area contributed by atoms with Crippen molar-refractivity contribution in [3.63, 3.8) is 0 Å². The number of para-hydroxylation sites is 1. The van der Waals surface area contributed by atoms with E-state index in [2.05, 4.69) is 41.4 Å². The highest BCUT2D eigenvalue weighted by Gasteiger charge is 2.32. The third-order valence-electron chi connectivity index (χ3n) is 4.04. The summed E-state index contributed by atoms with van der Waals surface area (Å²) >= 11 is 1.80. The minimum absolute atomic E-state index is 0.0236. The number of carbonyl (C=O) groups is 1. The number of thioether (sulfide) groups is 1. The molecule has 5 heteroatoms. The number of rotatable bonds is 2. The Labute approximate surface area is 124 Å². The third-order valence-corrected chi connectivity index (χ3v) is 4.98. The van der Waals surface area contributed by atoms with E-state index in [0.29, 0.717) is 6.04 Å². The molecular weight excluding hydrogens is 270 g/mol. The van der Waals surface area contributed by atoms with Gasteiger partial charge in [-0.25, -0.2) is 0 Å². The van der Waals surface area contributed by atoms with Crippen LogP contribution in [0.4, 0.5) is 5.69 Å². The monoisotopic (exact) mass is 291 g/mol. The molecule has 1 aromatic rings. The van der Waals surface area contributed by atoms with E-state index in [1.165, 1.54) is 5.69 Å². The smallest absolute Gasteiger partial charge is 0.240 e. The summed E-state index contributed by atoms with van der Waals surface area (Å²) in [4.78, 5) is 16.8. The summed E-state index contributed by atoms with van der Waals surface area (Å²) in [5.41, 5.74) is 1.25. The fourth-order valence-electron chi connectivity index (χ4n) is 2.94. The molecule has 2 aliphatic rings. The molecule has 1 amide bonds. The summed E-state index contributed by atoms with van der Waals surface area (Å²) in [6.07, 6.45) is 0. The van der Waals surface area contributed by atoms with Crippen LogP contribution in [-0.2, 0) is 4.79 Å². The molecule has 1 N–H and O–H groups in total. The van der Waals surface area contributed by atoms with Crippen LogP contribution in [-0.4, -0.2) is 54.2 Å². The topological polar surface area (TPSA) is 35.6 Å². The van der Waals surface area contributed by atoms with E-state index in [1.807, 2.05) is 11.0 Å². The fourth-order valence-corrected chi connectivity index (χ4v) is 3.87. The van der Waals surface area contributed by atoms with Gasteiger partial charge in [-0.05, 0) is 19.1 Å². The predicted molar refractivity (Wildman–Crippen MR) is 84.1 cm³/mol. The van der Waals surface area contributed by atoms with E-state index in [0.717, 1.165) is 31.3 Å². The molecule has 108 valence electrons. The first kappa shape index (κ1) is 13.8. The summed E-state index contributed by atoms with van der Waals surface area (Å²) < 4.78 is 0. The fraction of sp³-hybridized carbons (Fsp3) is 0.533. The van der Waals surface area contributed by atoms with Gasteiger partial charge in [0.15, 0.2) is 0 Å². The van der Waals surface area contributed by atoms with Gasteiger partial charge in [0.05, 0.1) is 6.04 Å². The second-order valence-electron chi connectivity index (χ2n) is 5.43. The summed E-state index contributed by atoms with van der Waals surface area (Å²) in [5.74, 6) is 2.08. The lowest BCUT2D eigenvalue weighted by Crippen LogP contribution is -2.57. The number of amides is 1. The Morgan fingerprint density at radius 1 is 1.30 bits per heavy atom. The van der Waals surface area contributed by atoms with E-state index in [1.54, 1.807) is 11.8 Å². The first-order chi connectivity index (χ1) is 9.75. The van der Waals surface area contributed by atoms with Crippen molar-refractivity contribution in [2.45, 2.75) is 19.0 Å². The van der Waals surface area contributed by atoms with Crippen LogP contribution in [0.15, 0.2) is 30.3 Å². The maximum absolute atomic E-state index is 12.4. The Kier molecular flexibility index (Phi) is 4.17. The lowest BCUT2D eigenvalue weighted by atomic mass is 10.1. The molecule has 2 saturated heterocycles. The molecule has 2 heterocycles. The van der Waals surface area contributed by atoms with Crippen molar-refractivity contribution in [1.29, 1.82) is 0 Å². The van der Waals surface area contributed by atoms with Crippen LogP contribution in [0.3, 0.4) is 0 Å². The van der Waals surface area contributed by atoms with Crippen molar-refractivity contribution in [2.75, 3.05) is 36.2 Å². The highest BCUT2D eigenvalue weighted by atomic mass is 32.2. The zero-order valence-electron chi connectivity index (χ0n) is 11.8. The first-order valence-corrected chi connectivity index (χ1v) is 8.33. The van der Waals surface area contributed by atoms with Gasteiger partial charge in [0.25, 0.3) is 0 Å². The van der Waals surface area contributed by atoms with Crippen molar-refractivity contribution in [2.24, 2.45) is 0 Å². The Morgan fingerprint density at radius 3 is 2.75 bits per heavy atom. The minimum atomic E-state index is 0.0236. The lowest BCUT2D eigenvalue weighted by molar-refractivity contribution is -0.133. The normalized spacial score (nSPS) is 26.9. The van der Waals surface area contributed by atoms with Gasteiger partial charge in [-0.3, -0.25) is 10.1 Å². The molecule has 0 aromatic heterocycles. The lowest BCUT2D eigenvalue weighted by Gasteiger charge is -2.42. The number of hydrogen-bond donors (Lipinski definition) is 1. The second-order valence-corrected chi connectivity index (χ2v) is 6.46. The maximum Gasteiger partial charge on any atom is 0.240 e. The number of nitrogens with one attached hydrogen (secondary N) is 1. The predicted octanol–water partition coefficient (Wildman–Crippen LogP) is 1.39. The van der Waals surface area contributed by atoms with Crippen LogP contribution >= 0.6 is 11.8 Å². The molecule has 1 aromatic carbocycles. The van der Waals surface area contributed by atoms with Crippen molar-refractivity contribution >= 4 is 23.4 Å². The molecule has 2 atom stereocenters. The molecule has 2 fully saturated rings. The van der Waals surface area contributed by atoms with Crippen molar-refractivity contribution in [1.82, 2.24) is 10.2 Å². The first-order valence-electron chi connectivity index (χ1n) is 7.17. The van der Waals surface area contributed by atoms with E-state index in [9.17, 15) is 4.79 Å². The van der Waals surface area contributed by atoms with Crippen LogP contribution in [0.5, 0.6) is 0 Å². The zero-order chi connectivity index (χ0) is 13.9. The molecule has 3 rings (SSSR count). The van der Waals surface area contributed by atoms with Crippen LogP contribution in [0.25, 0.3) is 0 Å². The van der Waals surface area contributed by atoms with Gasteiger partial charge >= 0.3 is 0 Å². The molecule has 0 saturated carbocycles. The van der Waals surface area contributed by atoms with Gasteiger partial charge in [0.1, 0.15) is 0 Å². The minimum Gasteiger partial charge on any atom is -0.365 e. The SMILES string of the molecule is CC1CN(C(=O)C2CSCN2)CCN1c1ccccc1. The Balaban J connectivity index is 1.63. The van der Waals surface area contributed by atoms with E-state index in [4.69, 9.17) is 0 Å². The number of nitrogens with zero attached hydrogens (tertiary/aromatic N) is 2. The van der Waals surface area contributed by atoms with Crippen LogP contribution in [0, 0.1) is 0 Å². The molecule has 0 aliphatic carbocycles. The number of hydrogen-bond acceptors (Lipinski definition) is 4. The summed E-state index contributed by atoms with van der Waals surface area (Å²) in [5, 5.41) is 3.27. The van der Waals surface area contributed by atoms with Crippen LogP contribution in [0.1, 0.15) is 6.92 Å². The van der Waals surface area contributed by atoms with Crippen molar-refractivity contribution in [3.05, 3.63) is 30.3 Å². The Hall–Kier alpha value is -1.20. The molecule has 0 radical (unpaired) electrons. The Bertz CT molecular complexity index is 461. The third kappa shape index (κ3) is 2.79. The van der Waals surface area contributed by atoms with Gasteiger partial charge < -0.3 is 9.80 Å². The number of benzene rings is 1. The molecule has 2 unspecified atom stereocenters. The van der Waals surface area contributed by atoms with Crippen molar-refractivity contribution < 1.29 is 4.79 Å². The van der Waals surface area contributed by atoms with Crippen LogP contribution in [0.2, 0.25) is 0 Å². The van der Waals surface area contributed by atoms with Gasteiger partial charge in [0, 0.05) is 43.0 Å². The zero-order valence-corrected chi connectivity index (χ0v) is 12.6. The number of anilines is 1. The number of carbonyl (C=O) groups excluding carboxylic acids is 1. The summed E-state index contributed by atoms with van der Waals surface area (Å²) in [7, 11) is 0. The largest absolute Gasteiger partial charge is 0.365 e. The van der Waals surface area contributed by atoms with Crippen LogP contribution < -0.4 is 10.2 Å². The molecule has 20 heavy (non-hydrogen) atoms. The molecule has 2 aliphatic heterocycles. The van der Waals surface area contributed by atoms with E-state index >= 15 is 0 Å². The highest BCUT2D eigenvalue weighted by Crippen LogP contribution is 2.21. The van der Waals surface area contributed by atoms with Gasteiger partial charge in [-0.1, -0.05) is 18.2 Å². The maximum atomic E-state index is 12.4. The van der Waals surface area contributed by atoms with Gasteiger partial charge in [-0.15, -0.1) is 11.8 Å². The van der Waals surface area contributed by atoms with Gasteiger partial charge in [-0.2, -0.15) is 0 Å². The van der Waals surface area contributed by atoms with Gasteiger partial charge in [0.2, 0.25) is 5.91 Å². The van der Waals surface area contributed by atoms with E-state index < -0.39 is 0 Å². The molecule has 0 spiro atoms. The second kappa shape index (κ2) is 6.06. The highest BCUT2D eigenvalue weighted by molar-refractivity contribution is 7.99. The summed E-state index contributed by atoms with van der Waals surface area (Å²) in [6.45, 7) is 4.75. The summed E-state index contributed by atoms with van der Waals surface area (Å²) in [6, 6.07) is 10.8. The quantitative estimate of drug-likeness (QED) is 0.893. The standard InChI is InChI=1S/C15H21N3OS/c1-12-9-17(15(19)14-10-20-11-16-14)7-8-18(12)13-5-3-2-4-6-13/h2-6,12,14,16H,7-11H2,1H3. The average molecular weight is 291 g/mol.